The largest absolute Gasteiger partial charge is 0.507 e. The van der Waals surface area contributed by atoms with E-state index in [0.29, 0.717) is 94.6 Å². The molecule has 0 radical (unpaired) electrons. The minimum absolute atomic E-state index is 0.0446. The molecule has 3 saturated heterocycles. The van der Waals surface area contributed by atoms with Crippen LogP contribution in [0.4, 0.5) is 28.4 Å². The molecule has 4 heterocycles. The summed E-state index contributed by atoms with van der Waals surface area (Å²) in [7, 11) is 0. The summed E-state index contributed by atoms with van der Waals surface area (Å²) in [5.74, 6) is -2.01. The lowest BCUT2D eigenvalue weighted by Gasteiger charge is -2.43. The lowest BCUT2D eigenvalue weighted by Crippen LogP contribution is -2.56. The Kier molecular flexibility index (Phi) is 12.0. The van der Waals surface area contributed by atoms with Gasteiger partial charge in [0, 0.05) is 83.1 Å². The molecule has 4 aliphatic heterocycles. The highest BCUT2D eigenvalue weighted by Gasteiger charge is 2.40. The normalized spacial score (nSPS) is 20.5. The van der Waals surface area contributed by atoms with Crippen LogP contribution >= 0.6 is 15.9 Å². The molecule has 0 saturated carbocycles. The molecule has 1 atom stereocenters. The zero-order valence-corrected chi connectivity index (χ0v) is 30.4. The molecule has 0 spiro atoms. The van der Waals surface area contributed by atoms with E-state index in [4.69, 9.17) is 4.74 Å². The maximum atomic E-state index is 14.0. The van der Waals surface area contributed by atoms with Crippen LogP contribution < -0.4 is 5.32 Å². The second-order valence-electron chi connectivity index (χ2n) is 13.9. The number of carbonyl (C=O) groups excluding carboxylic acids is 4. The van der Waals surface area contributed by atoms with Crippen LogP contribution in [-0.2, 0) is 27.2 Å². The topological polar surface area (TPSA) is 126 Å². The lowest BCUT2D eigenvalue weighted by atomic mass is 10.0. The number of likely N-dealkylation sites (tertiary alicyclic amines) is 2. The maximum absolute atomic E-state index is 14.0. The maximum Gasteiger partial charge on any atom is 0.451 e. The Hall–Kier alpha value is -3.89. The van der Waals surface area contributed by atoms with E-state index in [0.717, 1.165) is 17.7 Å². The van der Waals surface area contributed by atoms with Crippen molar-refractivity contribution < 1.29 is 42.2 Å². The molecule has 3 fully saturated rings. The van der Waals surface area contributed by atoms with Crippen LogP contribution in [0.5, 0.6) is 5.75 Å². The van der Waals surface area contributed by atoms with Crippen molar-refractivity contribution in [3.05, 3.63) is 58.1 Å². The number of carbonyl (C=O) groups is 4. The summed E-state index contributed by atoms with van der Waals surface area (Å²) in [5, 5.41) is 13.0. The number of piperidine rings is 2. The number of phenolic OH excluding ortho intramolecular Hbond substituents is 1. The monoisotopic (exact) mass is 792 g/mol. The number of ketones is 1. The van der Waals surface area contributed by atoms with Crippen LogP contribution in [0.3, 0.4) is 0 Å². The van der Waals surface area contributed by atoms with Crippen LogP contribution in [-0.4, -0.2) is 143 Å². The van der Waals surface area contributed by atoms with Gasteiger partial charge in [0.2, 0.25) is 5.78 Å². The van der Waals surface area contributed by atoms with Crippen LogP contribution in [0.25, 0.3) is 0 Å². The van der Waals surface area contributed by atoms with Crippen molar-refractivity contribution in [2.24, 2.45) is 0 Å². The highest BCUT2D eigenvalue weighted by Crippen LogP contribution is 2.28. The fraction of sp³-hybridized carbons (Fsp3) is 0.556. The molecule has 2 aromatic rings. The first-order chi connectivity index (χ1) is 24.9. The molecule has 52 heavy (non-hydrogen) atoms. The predicted octanol–water partition coefficient (Wildman–Crippen LogP) is 4.50. The van der Waals surface area contributed by atoms with E-state index in [1.165, 1.54) is 11.0 Å². The van der Waals surface area contributed by atoms with Crippen molar-refractivity contribution in [1.82, 2.24) is 24.5 Å². The van der Waals surface area contributed by atoms with Gasteiger partial charge >= 0.3 is 18.3 Å². The summed E-state index contributed by atoms with van der Waals surface area (Å²) in [6, 6.07) is 12.6. The molecule has 0 aliphatic carbocycles. The third-order valence-corrected chi connectivity index (χ3v) is 11.3. The van der Waals surface area contributed by atoms with Gasteiger partial charge in [-0.05, 0) is 77.4 Å². The number of anilines is 1. The third-order valence-electron chi connectivity index (χ3n) is 10.6. The summed E-state index contributed by atoms with van der Waals surface area (Å²) in [5.41, 5.74) is 2.59. The first-order valence-corrected chi connectivity index (χ1v) is 18.6. The van der Waals surface area contributed by atoms with Gasteiger partial charge in [0.15, 0.2) is 6.10 Å². The standard InChI is InChI=1S/C36H44BrF3N6O6/c37-28-21-24(5-6-30(28)47)22-31(33(49)44-12-8-26(9-13-44)43-19-17-42(18-20-43)23-32(48)36(38,39)40)52-35(51)45-14-10-27(11-15-45)46-16-7-25-3-1-2-4-29(25)41-34(46)50/h1-6,21,26-27,31,47H,7-20,22-23H2,(H,41,50). The van der Waals surface area contributed by atoms with Crippen molar-refractivity contribution in [3.8, 4) is 5.75 Å². The van der Waals surface area contributed by atoms with Gasteiger partial charge < -0.3 is 29.9 Å². The molecular formula is C36H44BrF3N6O6. The van der Waals surface area contributed by atoms with Crippen molar-refractivity contribution in [1.29, 1.82) is 0 Å². The summed E-state index contributed by atoms with van der Waals surface area (Å²) >= 11 is 3.32. The van der Waals surface area contributed by atoms with E-state index < -0.39 is 30.7 Å². The van der Waals surface area contributed by atoms with E-state index in [1.54, 1.807) is 21.9 Å². The number of phenols is 1. The van der Waals surface area contributed by atoms with Crippen molar-refractivity contribution in [3.63, 3.8) is 0 Å². The number of rotatable bonds is 8. The van der Waals surface area contributed by atoms with Crippen LogP contribution in [0, 0.1) is 0 Å². The number of halogens is 4. The zero-order chi connectivity index (χ0) is 37.0. The number of hydrogen-bond donors (Lipinski definition) is 2. The Balaban J connectivity index is 1.03. The highest BCUT2D eigenvalue weighted by molar-refractivity contribution is 9.10. The number of benzene rings is 2. The van der Waals surface area contributed by atoms with Gasteiger partial charge in [-0.2, -0.15) is 13.2 Å². The Morgan fingerprint density at radius 3 is 2.21 bits per heavy atom. The van der Waals surface area contributed by atoms with Gasteiger partial charge in [-0.1, -0.05) is 24.3 Å². The average Bonchev–Trinajstić information content (AvgIpc) is 3.30. The number of Topliss-reactive ketones (excluding diaryl/α,β-unsaturated/α-hetero) is 1. The Morgan fingerprint density at radius 1 is 0.885 bits per heavy atom. The van der Waals surface area contributed by atoms with E-state index >= 15 is 0 Å². The minimum Gasteiger partial charge on any atom is -0.507 e. The number of para-hydroxylation sites is 1. The Labute approximate surface area is 308 Å². The van der Waals surface area contributed by atoms with Crippen molar-refractivity contribution >= 4 is 45.4 Å². The molecule has 2 aromatic carbocycles. The minimum atomic E-state index is -4.83. The van der Waals surface area contributed by atoms with E-state index in [1.807, 2.05) is 29.2 Å². The number of nitrogens with zero attached hydrogens (tertiary/aromatic N) is 5. The summed E-state index contributed by atoms with van der Waals surface area (Å²) in [6.07, 6.45) is -3.25. The molecule has 6 rings (SSSR count). The van der Waals surface area contributed by atoms with Gasteiger partial charge in [0.05, 0.1) is 11.0 Å². The van der Waals surface area contributed by atoms with Gasteiger partial charge in [-0.15, -0.1) is 0 Å². The molecule has 16 heteroatoms. The van der Waals surface area contributed by atoms with Crippen LogP contribution in [0.15, 0.2) is 46.9 Å². The molecule has 0 bridgehead atoms. The molecule has 2 N–H and O–H groups in total. The van der Waals surface area contributed by atoms with Crippen LogP contribution in [0.1, 0.15) is 36.8 Å². The third kappa shape index (κ3) is 9.18. The summed E-state index contributed by atoms with van der Waals surface area (Å²) < 4.78 is 44.5. The fourth-order valence-corrected chi connectivity index (χ4v) is 8.03. The number of amides is 4. The number of piperazine rings is 1. The zero-order valence-electron chi connectivity index (χ0n) is 28.8. The Bertz CT molecular complexity index is 1620. The van der Waals surface area contributed by atoms with Crippen molar-refractivity contribution in [2.45, 2.75) is 62.9 Å². The quantitative estimate of drug-likeness (QED) is 0.401. The van der Waals surface area contributed by atoms with E-state index in [-0.39, 0.29) is 36.2 Å². The molecule has 4 aliphatic rings. The van der Waals surface area contributed by atoms with E-state index in [9.17, 15) is 37.5 Å². The number of urea groups is 1. The summed E-state index contributed by atoms with van der Waals surface area (Å²) in [4.78, 5) is 60.9. The second kappa shape index (κ2) is 16.4. The van der Waals surface area contributed by atoms with Crippen molar-refractivity contribution in [2.75, 3.05) is 70.8 Å². The second-order valence-corrected chi connectivity index (χ2v) is 14.8. The number of fused-ring (bicyclic) bond motifs is 1. The molecule has 1 unspecified atom stereocenters. The summed E-state index contributed by atoms with van der Waals surface area (Å²) in [6.45, 7) is 3.32. The smallest absolute Gasteiger partial charge is 0.451 e. The van der Waals surface area contributed by atoms with Gasteiger partial charge in [0.1, 0.15) is 5.75 Å². The first kappa shape index (κ1) is 37.9. The molecule has 282 valence electrons. The lowest BCUT2D eigenvalue weighted by molar-refractivity contribution is -0.172. The fourth-order valence-electron chi connectivity index (χ4n) is 7.60. The first-order valence-electron chi connectivity index (χ1n) is 17.8. The molecule has 12 nitrogen and oxygen atoms in total. The number of alkyl halides is 3. The number of nitrogens with one attached hydrogen (secondary N) is 1. The molecule has 0 aromatic heterocycles. The number of aromatic hydroxyl groups is 1. The highest BCUT2D eigenvalue weighted by atomic mass is 79.9. The number of hydrogen-bond acceptors (Lipinski definition) is 8. The predicted molar refractivity (Wildman–Crippen MR) is 189 cm³/mol. The molecular weight excluding hydrogens is 749 g/mol. The Morgan fingerprint density at radius 2 is 1.54 bits per heavy atom. The van der Waals surface area contributed by atoms with Gasteiger partial charge in [-0.25, -0.2) is 9.59 Å². The van der Waals surface area contributed by atoms with Crippen LogP contribution in [0.2, 0.25) is 0 Å². The number of ether oxygens (including phenoxy) is 1. The van der Waals surface area contributed by atoms with Gasteiger partial charge in [0.25, 0.3) is 5.91 Å². The average molecular weight is 794 g/mol. The molecule has 4 amide bonds. The van der Waals surface area contributed by atoms with E-state index in [2.05, 4.69) is 26.1 Å². The SMILES string of the molecule is O=C(OC(Cc1ccc(O)c(Br)c1)C(=O)N1CCC(N2CCN(CC(=O)C(F)(F)F)CC2)CC1)N1CCC(N2CCc3ccccc3NC2=O)CC1. The van der Waals surface area contributed by atoms with Gasteiger partial charge in [-0.3, -0.25) is 19.4 Å².